The first-order chi connectivity index (χ1) is 7.40. The van der Waals surface area contributed by atoms with E-state index in [0.29, 0.717) is 0 Å². The quantitative estimate of drug-likeness (QED) is 0.451. The van der Waals surface area contributed by atoms with Gasteiger partial charge in [0.05, 0.1) is 11.9 Å². The maximum absolute atomic E-state index is 5.06. The highest BCUT2D eigenvalue weighted by molar-refractivity contribution is 5.80. The number of aromatic nitrogens is 2. The van der Waals surface area contributed by atoms with Crippen molar-refractivity contribution in [3.63, 3.8) is 0 Å². The molecule has 2 N–H and O–H groups in total. The molecule has 1 heterocycles. The van der Waals surface area contributed by atoms with Crippen LogP contribution in [0.3, 0.4) is 0 Å². The van der Waals surface area contributed by atoms with Crippen molar-refractivity contribution >= 4 is 6.21 Å². The average molecular weight is 198 g/mol. The van der Waals surface area contributed by atoms with Gasteiger partial charge in [-0.1, -0.05) is 24.3 Å². The summed E-state index contributed by atoms with van der Waals surface area (Å²) in [6.07, 6.45) is 4.85. The Morgan fingerprint density at radius 2 is 1.93 bits per heavy atom. The van der Waals surface area contributed by atoms with E-state index >= 15 is 0 Å². The van der Waals surface area contributed by atoms with Crippen molar-refractivity contribution in [3.8, 4) is 11.3 Å². The summed E-state index contributed by atoms with van der Waals surface area (Å²) in [6.45, 7) is 0. The summed E-state index contributed by atoms with van der Waals surface area (Å²) in [5.41, 5.74) is 2.92. The Hall–Kier alpha value is -2.23. The third kappa shape index (κ3) is 2.17. The van der Waals surface area contributed by atoms with E-state index in [1.165, 1.54) is 6.33 Å². The van der Waals surface area contributed by atoms with Crippen LogP contribution in [0.1, 0.15) is 5.56 Å². The van der Waals surface area contributed by atoms with E-state index in [2.05, 4.69) is 15.1 Å². The minimum Gasteiger partial charge on any atom is -0.323 e. The van der Waals surface area contributed by atoms with Crippen LogP contribution in [-0.4, -0.2) is 16.2 Å². The molecule has 15 heavy (non-hydrogen) atoms. The molecule has 0 saturated carbocycles. The molecule has 2 rings (SSSR count). The molecule has 4 heteroatoms. The fourth-order valence-corrected chi connectivity index (χ4v) is 1.29. The van der Waals surface area contributed by atoms with E-state index in [1.807, 2.05) is 30.3 Å². The first kappa shape index (κ1) is 9.33. The lowest BCUT2D eigenvalue weighted by atomic mass is 10.1. The van der Waals surface area contributed by atoms with Crippen molar-refractivity contribution in [2.75, 3.05) is 0 Å². The van der Waals surface area contributed by atoms with E-state index < -0.39 is 0 Å². The normalized spacial score (nSPS) is 10.7. The van der Waals surface area contributed by atoms with E-state index in [-0.39, 0.29) is 0 Å². The number of hydrogen-bond donors (Lipinski definition) is 1. The van der Waals surface area contributed by atoms with Crippen LogP contribution >= 0.6 is 0 Å². The van der Waals surface area contributed by atoms with Gasteiger partial charge in [0.1, 0.15) is 6.33 Å². The minimum atomic E-state index is 0.904. The molecule has 0 aliphatic carbocycles. The highest BCUT2D eigenvalue weighted by atomic mass is 15.1. The third-order valence-corrected chi connectivity index (χ3v) is 2.01. The fraction of sp³-hybridized carbons (Fsp3) is 0. The molecule has 0 saturated heterocycles. The van der Waals surface area contributed by atoms with Crippen molar-refractivity contribution in [3.05, 3.63) is 48.4 Å². The summed E-state index contributed by atoms with van der Waals surface area (Å²) < 4.78 is 0. The number of hydrogen-bond acceptors (Lipinski definition) is 4. The minimum absolute atomic E-state index is 0.904. The third-order valence-electron chi connectivity index (χ3n) is 2.01. The van der Waals surface area contributed by atoms with Gasteiger partial charge < -0.3 is 5.84 Å². The molecule has 2 aromatic rings. The van der Waals surface area contributed by atoms with Gasteiger partial charge in [-0.3, -0.25) is 0 Å². The van der Waals surface area contributed by atoms with Crippen molar-refractivity contribution in [2.45, 2.75) is 0 Å². The molecule has 0 radical (unpaired) electrons. The first-order valence-electron chi connectivity index (χ1n) is 4.50. The predicted molar refractivity (Wildman–Crippen MR) is 59.2 cm³/mol. The van der Waals surface area contributed by atoms with Gasteiger partial charge in [0.15, 0.2) is 0 Å². The Kier molecular flexibility index (Phi) is 2.69. The van der Waals surface area contributed by atoms with Crippen LogP contribution in [0.25, 0.3) is 11.3 Å². The maximum atomic E-state index is 5.06. The summed E-state index contributed by atoms with van der Waals surface area (Å²) in [5, 5.41) is 3.46. The van der Waals surface area contributed by atoms with Crippen molar-refractivity contribution in [2.24, 2.45) is 10.9 Å². The molecule has 1 aromatic carbocycles. The predicted octanol–water partition coefficient (Wildman–Crippen LogP) is 1.44. The second-order valence-electron chi connectivity index (χ2n) is 2.99. The molecule has 4 nitrogen and oxygen atoms in total. The summed E-state index contributed by atoms with van der Waals surface area (Å²) in [5.74, 6) is 5.06. The lowest BCUT2D eigenvalue weighted by Crippen LogP contribution is -1.87. The average Bonchev–Trinajstić information content (AvgIpc) is 2.32. The molecule has 0 fully saturated rings. The topological polar surface area (TPSA) is 64.2 Å². The molecule has 0 bridgehead atoms. The van der Waals surface area contributed by atoms with Gasteiger partial charge in [0.25, 0.3) is 0 Å². The number of benzene rings is 1. The molecule has 74 valence electrons. The standard InChI is InChI=1S/C11H10N4/c12-15-7-9-1-3-10(4-2-9)11-5-6-13-8-14-11/h1-8H,12H2. The molecule has 1 aromatic heterocycles. The van der Waals surface area contributed by atoms with E-state index in [9.17, 15) is 0 Å². The van der Waals surface area contributed by atoms with Crippen molar-refractivity contribution < 1.29 is 0 Å². The van der Waals surface area contributed by atoms with Crippen LogP contribution < -0.4 is 5.84 Å². The summed E-state index contributed by atoms with van der Waals surface area (Å²) in [4.78, 5) is 8.02. The number of nitrogens with two attached hydrogens (primary N) is 1. The Morgan fingerprint density at radius 3 is 2.53 bits per heavy atom. The fourth-order valence-electron chi connectivity index (χ4n) is 1.29. The van der Waals surface area contributed by atoms with Crippen LogP contribution in [0, 0.1) is 0 Å². The summed E-state index contributed by atoms with van der Waals surface area (Å²) >= 11 is 0. The van der Waals surface area contributed by atoms with Crippen LogP contribution in [0.5, 0.6) is 0 Å². The summed E-state index contributed by atoms with van der Waals surface area (Å²) in [6, 6.07) is 9.69. The highest BCUT2D eigenvalue weighted by Crippen LogP contribution is 2.15. The van der Waals surface area contributed by atoms with Gasteiger partial charge in [0.2, 0.25) is 0 Å². The van der Waals surface area contributed by atoms with Gasteiger partial charge in [0, 0.05) is 11.8 Å². The van der Waals surface area contributed by atoms with Crippen LogP contribution in [0.15, 0.2) is 48.0 Å². The zero-order valence-corrected chi connectivity index (χ0v) is 8.04. The van der Waals surface area contributed by atoms with Gasteiger partial charge in [-0.15, -0.1) is 0 Å². The van der Waals surface area contributed by atoms with Crippen LogP contribution in [0.2, 0.25) is 0 Å². The Labute approximate surface area is 87.5 Å². The van der Waals surface area contributed by atoms with Gasteiger partial charge in [-0.05, 0) is 11.6 Å². The SMILES string of the molecule is NN=Cc1ccc(-c2ccncn2)cc1. The number of rotatable bonds is 2. The highest BCUT2D eigenvalue weighted by Gasteiger charge is 1.97. The van der Waals surface area contributed by atoms with Crippen molar-refractivity contribution in [1.29, 1.82) is 0 Å². The Balaban J connectivity index is 2.32. The van der Waals surface area contributed by atoms with E-state index in [1.54, 1.807) is 12.4 Å². The van der Waals surface area contributed by atoms with Crippen molar-refractivity contribution in [1.82, 2.24) is 9.97 Å². The number of hydrazone groups is 1. The van der Waals surface area contributed by atoms with Gasteiger partial charge in [-0.2, -0.15) is 5.10 Å². The first-order valence-corrected chi connectivity index (χ1v) is 4.50. The molecule has 0 amide bonds. The molecule has 0 aliphatic rings. The molecule has 0 aliphatic heterocycles. The lowest BCUT2D eigenvalue weighted by molar-refractivity contribution is 1.17. The van der Waals surface area contributed by atoms with Gasteiger partial charge >= 0.3 is 0 Å². The number of nitrogens with zero attached hydrogens (tertiary/aromatic N) is 3. The maximum Gasteiger partial charge on any atom is 0.116 e. The largest absolute Gasteiger partial charge is 0.323 e. The molecular weight excluding hydrogens is 188 g/mol. The summed E-state index contributed by atoms with van der Waals surface area (Å²) in [7, 11) is 0. The molecular formula is C11H10N4. The molecule has 0 atom stereocenters. The Bertz CT molecular complexity index is 448. The smallest absolute Gasteiger partial charge is 0.116 e. The zero-order valence-electron chi connectivity index (χ0n) is 8.04. The lowest BCUT2D eigenvalue weighted by Gasteiger charge is -1.99. The molecule has 0 unspecified atom stereocenters. The van der Waals surface area contributed by atoms with E-state index in [4.69, 9.17) is 5.84 Å². The second kappa shape index (κ2) is 4.32. The van der Waals surface area contributed by atoms with E-state index in [0.717, 1.165) is 16.8 Å². The Morgan fingerprint density at radius 1 is 1.13 bits per heavy atom. The van der Waals surface area contributed by atoms with Crippen LogP contribution in [-0.2, 0) is 0 Å². The van der Waals surface area contributed by atoms with Gasteiger partial charge in [-0.25, -0.2) is 9.97 Å². The van der Waals surface area contributed by atoms with Crippen LogP contribution in [0.4, 0.5) is 0 Å². The molecule has 0 spiro atoms. The monoisotopic (exact) mass is 198 g/mol. The zero-order chi connectivity index (χ0) is 10.5. The second-order valence-corrected chi connectivity index (χ2v) is 2.99.